The van der Waals surface area contributed by atoms with Gasteiger partial charge in [0.1, 0.15) is 11.6 Å². The van der Waals surface area contributed by atoms with Gasteiger partial charge in [0.15, 0.2) is 0 Å². The van der Waals surface area contributed by atoms with Gasteiger partial charge < -0.3 is 10.6 Å². The van der Waals surface area contributed by atoms with E-state index in [-0.39, 0.29) is 17.3 Å². The SMILES string of the molecule is C=N/C(NC1(C)CC1)=C(\C)C(C(=O)NCCc1ccc(F)cc1)=C(C)C. The van der Waals surface area contributed by atoms with Gasteiger partial charge >= 0.3 is 0 Å². The molecule has 4 nitrogen and oxygen atoms in total. The van der Waals surface area contributed by atoms with Crippen molar-refractivity contribution < 1.29 is 9.18 Å². The number of aliphatic imine (C=N–C) groups is 1. The average molecular weight is 357 g/mol. The third-order valence-electron chi connectivity index (χ3n) is 4.65. The van der Waals surface area contributed by atoms with Gasteiger partial charge in [-0.3, -0.25) is 4.79 Å². The number of hydrogen-bond acceptors (Lipinski definition) is 3. The summed E-state index contributed by atoms with van der Waals surface area (Å²) in [6.45, 7) is 12.0. The second-order valence-electron chi connectivity index (χ2n) is 7.32. The molecule has 1 amide bonds. The third-order valence-corrected chi connectivity index (χ3v) is 4.65. The van der Waals surface area contributed by atoms with Crippen LogP contribution in [0.3, 0.4) is 0 Å². The first-order valence-electron chi connectivity index (χ1n) is 8.92. The molecule has 0 heterocycles. The van der Waals surface area contributed by atoms with Gasteiger partial charge in [-0.05, 0) is 71.4 Å². The molecule has 1 aromatic rings. The molecule has 1 fully saturated rings. The van der Waals surface area contributed by atoms with Gasteiger partial charge in [0.05, 0.1) is 0 Å². The fourth-order valence-corrected chi connectivity index (χ4v) is 2.80. The molecular weight excluding hydrogens is 329 g/mol. The van der Waals surface area contributed by atoms with Crippen molar-refractivity contribution in [3.8, 4) is 0 Å². The Bertz CT molecular complexity index is 739. The summed E-state index contributed by atoms with van der Waals surface area (Å²) in [6.07, 6.45) is 2.83. The van der Waals surface area contributed by atoms with Crippen LogP contribution in [0.15, 0.2) is 51.8 Å². The van der Waals surface area contributed by atoms with E-state index in [1.165, 1.54) is 12.1 Å². The van der Waals surface area contributed by atoms with Crippen LogP contribution in [-0.4, -0.2) is 24.7 Å². The number of halogens is 1. The monoisotopic (exact) mass is 357 g/mol. The van der Waals surface area contributed by atoms with E-state index in [4.69, 9.17) is 0 Å². The number of hydrogen-bond donors (Lipinski definition) is 2. The van der Waals surface area contributed by atoms with Crippen LogP contribution in [0.4, 0.5) is 4.39 Å². The molecule has 0 aromatic heterocycles. The molecule has 140 valence electrons. The quantitative estimate of drug-likeness (QED) is 0.421. The van der Waals surface area contributed by atoms with Crippen LogP contribution in [0.5, 0.6) is 0 Å². The zero-order valence-electron chi connectivity index (χ0n) is 16.1. The lowest BCUT2D eigenvalue weighted by Gasteiger charge is -2.18. The largest absolute Gasteiger partial charge is 0.365 e. The first kappa shape index (κ1) is 19.9. The smallest absolute Gasteiger partial charge is 0.251 e. The van der Waals surface area contributed by atoms with Crippen LogP contribution in [0.25, 0.3) is 0 Å². The first-order chi connectivity index (χ1) is 12.3. The van der Waals surface area contributed by atoms with E-state index < -0.39 is 0 Å². The standard InChI is InChI=1S/C21H28FN3O/c1-14(2)18(15(3)19(23-5)25-21(4)11-12-21)20(26)24-13-10-16-6-8-17(22)9-7-16/h6-9,25H,5,10-13H2,1-4H3,(H,24,26)/b19-15-. The van der Waals surface area contributed by atoms with E-state index in [9.17, 15) is 9.18 Å². The summed E-state index contributed by atoms with van der Waals surface area (Å²) >= 11 is 0. The highest BCUT2D eigenvalue weighted by Crippen LogP contribution is 2.36. The normalized spacial score (nSPS) is 15.6. The predicted molar refractivity (Wildman–Crippen MR) is 105 cm³/mol. The number of nitrogens with zero attached hydrogens (tertiary/aromatic N) is 1. The van der Waals surface area contributed by atoms with Gasteiger partial charge in [0, 0.05) is 23.2 Å². The van der Waals surface area contributed by atoms with Gasteiger partial charge in [-0.1, -0.05) is 17.7 Å². The van der Waals surface area contributed by atoms with Gasteiger partial charge in [0.2, 0.25) is 0 Å². The van der Waals surface area contributed by atoms with Crippen LogP contribution < -0.4 is 10.6 Å². The van der Waals surface area contributed by atoms with E-state index in [2.05, 4.69) is 29.3 Å². The molecule has 1 aliphatic rings. The van der Waals surface area contributed by atoms with Crippen molar-refractivity contribution in [2.45, 2.75) is 52.5 Å². The molecule has 0 bridgehead atoms. The van der Waals surface area contributed by atoms with E-state index in [0.29, 0.717) is 24.4 Å². The molecule has 2 N–H and O–H groups in total. The Labute approximate surface area is 155 Å². The number of carbonyl (C=O) groups excluding carboxylic acids is 1. The molecule has 1 saturated carbocycles. The maximum absolute atomic E-state index is 13.0. The van der Waals surface area contributed by atoms with Crippen LogP contribution in [0.1, 0.15) is 46.1 Å². The second-order valence-corrected chi connectivity index (χ2v) is 7.32. The minimum absolute atomic E-state index is 0.0591. The summed E-state index contributed by atoms with van der Waals surface area (Å²) in [4.78, 5) is 16.8. The van der Waals surface area contributed by atoms with Crippen molar-refractivity contribution in [3.63, 3.8) is 0 Å². The van der Waals surface area contributed by atoms with Gasteiger partial charge in [-0.15, -0.1) is 0 Å². The van der Waals surface area contributed by atoms with Crippen LogP contribution in [-0.2, 0) is 11.2 Å². The molecular formula is C21H28FN3O. The number of allylic oxidation sites excluding steroid dienone is 1. The Morgan fingerprint density at radius 1 is 1.23 bits per heavy atom. The maximum atomic E-state index is 13.0. The molecule has 0 unspecified atom stereocenters. The number of rotatable bonds is 8. The van der Waals surface area contributed by atoms with Crippen molar-refractivity contribution in [1.82, 2.24) is 10.6 Å². The Balaban J connectivity index is 2.05. The van der Waals surface area contributed by atoms with E-state index in [1.807, 2.05) is 20.8 Å². The van der Waals surface area contributed by atoms with Crippen molar-refractivity contribution in [1.29, 1.82) is 0 Å². The number of amides is 1. The molecule has 0 radical (unpaired) electrons. The second kappa shape index (κ2) is 8.30. The highest BCUT2D eigenvalue weighted by molar-refractivity contribution is 5.98. The molecule has 0 atom stereocenters. The molecule has 0 aliphatic heterocycles. The Morgan fingerprint density at radius 3 is 2.35 bits per heavy atom. The summed E-state index contributed by atoms with van der Waals surface area (Å²) < 4.78 is 13.0. The van der Waals surface area contributed by atoms with Crippen LogP contribution in [0, 0.1) is 5.82 Å². The molecule has 2 rings (SSSR count). The summed E-state index contributed by atoms with van der Waals surface area (Å²) in [5.74, 6) is 0.273. The number of benzene rings is 1. The highest BCUT2D eigenvalue weighted by Gasteiger charge is 2.38. The fourth-order valence-electron chi connectivity index (χ4n) is 2.80. The third kappa shape index (κ3) is 5.28. The summed E-state index contributed by atoms with van der Waals surface area (Å²) in [5.41, 5.74) is 3.39. The van der Waals surface area contributed by atoms with E-state index in [1.54, 1.807) is 12.1 Å². The van der Waals surface area contributed by atoms with E-state index in [0.717, 1.165) is 29.6 Å². The molecule has 26 heavy (non-hydrogen) atoms. The van der Waals surface area contributed by atoms with Crippen molar-refractivity contribution >= 4 is 12.6 Å². The van der Waals surface area contributed by atoms with Gasteiger partial charge in [-0.25, -0.2) is 9.38 Å². The van der Waals surface area contributed by atoms with Crippen molar-refractivity contribution in [2.75, 3.05) is 6.54 Å². The minimum Gasteiger partial charge on any atom is -0.365 e. The molecule has 1 aromatic carbocycles. The fraction of sp³-hybridized carbons (Fsp3) is 0.429. The molecule has 0 spiro atoms. The molecule has 0 saturated heterocycles. The minimum atomic E-state index is -0.258. The summed E-state index contributed by atoms with van der Waals surface area (Å²) in [7, 11) is 0. The van der Waals surface area contributed by atoms with Crippen molar-refractivity contribution in [2.24, 2.45) is 4.99 Å². The van der Waals surface area contributed by atoms with E-state index >= 15 is 0 Å². The zero-order chi connectivity index (χ0) is 19.3. The van der Waals surface area contributed by atoms with Crippen LogP contribution >= 0.6 is 0 Å². The summed E-state index contributed by atoms with van der Waals surface area (Å²) in [5, 5.41) is 6.35. The van der Waals surface area contributed by atoms with Crippen molar-refractivity contribution in [3.05, 3.63) is 58.2 Å². The predicted octanol–water partition coefficient (Wildman–Crippen LogP) is 3.90. The Kier molecular flexibility index (Phi) is 6.35. The Morgan fingerprint density at radius 2 is 1.85 bits per heavy atom. The molecule has 1 aliphatic carbocycles. The lowest BCUT2D eigenvalue weighted by atomic mass is 10.0. The summed E-state index contributed by atoms with van der Waals surface area (Å²) in [6, 6.07) is 6.32. The number of nitrogens with one attached hydrogen (secondary N) is 2. The Hall–Kier alpha value is -2.43. The maximum Gasteiger partial charge on any atom is 0.251 e. The first-order valence-corrected chi connectivity index (χ1v) is 8.92. The van der Waals surface area contributed by atoms with Gasteiger partial charge in [0.25, 0.3) is 5.91 Å². The topological polar surface area (TPSA) is 53.5 Å². The lowest BCUT2D eigenvalue weighted by molar-refractivity contribution is -0.117. The van der Waals surface area contributed by atoms with Gasteiger partial charge in [-0.2, -0.15) is 0 Å². The average Bonchev–Trinajstić information content (AvgIpc) is 3.31. The zero-order valence-corrected chi connectivity index (χ0v) is 16.1. The lowest BCUT2D eigenvalue weighted by Crippen LogP contribution is -2.31. The highest BCUT2D eigenvalue weighted by atomic mass is 19.1. The number of carbonyl (C=O) groups is 1. The van der Waals surface area contributed by atoms with Crippen LogP contribution in [0.2, 0.25) is 0 Å². The molecule has 5 heteroatoms.